The molecule has 10 atom stereocenters. The molecule has 2 bridgehead atoms. The van der Waals surface area contributed by atoms with Crippen LogP contribution in [-0.4, -0.2) is 134 Å². The Bertz CT molecular complexity index is 2970. The number of hydrogen-bond donors (Lipinski definition) is 3. The van der Waals surface area contributed by atoms with Crippen molar-refractivity contribution >= 4 is 61.8 Å². The molecule has 15 heteroatoms. The first kappa shape index (κ1) is 46.6. The molecule has 1 unspecified atom stereocenters. The molecule has 1 saturated carbocycles. The van der Waals surface area contributed by atoms with Crippen LogP contribution in [0.25, 0.3) is 21.0 Å². The number of nitrogens with zero attached hydrogens (tertiary/aromatic N) is 3. The molecule has 0 radical (unpaired) electrons. The summed E-state index contributed by atoms with van der Waals surface area (Å²) in [5, 5.41) is 19.1. The van der Waals surface area contributed by atoms with Crippen molar-refractivity contribution in [2.24, 2.45) is 11.3 Å². The molecule has 1 spiro atoms. The number of piperidine rings is 1. The molecule has 14 nitrogen and oxygen atoms in total. The molecule has 2 saturated heterocycles. The minimum atomic E-state index is -2.33. The van der Waals surface area contributed by atoms with Crippen LogP contribution in [0.4, 0.5) is 5.69 Å². The zero-order valence-corrected chi connectivity index (χ0v) is 41.9. The van der Waals surface area contributed by atoms with Gasteiger partial charge in [-0.3, -0.25) is 19.3 Å². The molecule has 2 aromatic heterocycles. The highest BCUT2D eigenvalue weighted by Crippen LogP contribution is 2.68. The van der Waals surface area contributed by atoms with Crippen molar-refractivity contribution in [3.63, 3.8) is 0 Å². The second kappa shape index (κ2) is 16.7. The van der Waals surface area contributed by atoms with E-state index in [0.29, 0.717) is 87.4 Å². The highest BCUT2D eigenvalue weighted by molar-refractivity contribution is 7.20. The number of nitrogens with one attached hydrogen (secondary N) is 2. The molecule has 3 fully saturated rings. The second-order valence-corrected chi connectivity index (χ2v) is 21.9. The van der Waals surface area contributed by atoms with E-state index >= 15 is 4.79 Å². The van der Waals surface area contributed by atoms with Gasteiger partial charge in [0, 0.05) is 95.6 Å². The molecular weight excluding hydrogens is 907 g/mol. The van der Waals surface area contributed by atoms with E-state index in [-0.39, 0.29) is 17.9 Å². The number of carbonyl (C=O) groups excluding carboxylic acids is 4. The lowest BCUT2D eigenvalue weighted by molar-refractivity contribution is -0.228. The summed E-state index contributed by atoms with van der Waals surface area (Å²) < 4.78 is 25.4. The predicted molar refractivity (Wildman–Crippen MR) is 268 cm³/mol. The van der Waals surface area contributed by atoms with Gasteiger partial charge in [-0.05, 0) is 91.8 Å². The summed E-state index contributed by atoms with van der Waals surface area (Å²) in [4.78, 5) is 69.2. The van der Waals surface area contributed by atoms with E-state index in [1.165, 1.54) is 32.5 Å². The number of aliphatic hydroxyl groups is 1. The van der Waals surface area contributed by atoms with Gasteiger partial charge >= 0.3 is 17.9 Å². The molecule has 5 aliphatic heterocycles. The first-order valence-electron chi connectivity index (χ1n) is 24.8. The van der Waals surface area contributed by atoms with E-state index in [9.17, 15) is 19.5 Å². The molecular formula is C55H63N5O9S. The van der Waals surface area contributed by atoms with E-state index in [4.69, 9.17) is 18.9 Å². The summed E-state index contributed by atoms with van der Waals surface area (Å²) in [6.45, 7) is 8.78. The lowest BCUT2D eigenvalue weighted by atomic mass is 9.47. The number of thiophene rings is 1. The van der Waals surface area contributed by atoms with Crippen LogP contribution in [0.2, 0.25) is 0 Å². The van der Waals surface area contributed by atoms with E-state index in [1.54, 1.807) is 7.11 Å². The third-order valence-corrected chi connectivity index (χ3v) is 18.8. The number of rotatable bonds is 9. The summed E-state index contributed by atoms with van der Waals surface area (Å²) in [7, 11) is 6.18. The maximum Gasteiger partial charge on any atom is 0.344 e. The quantitative estimate of drug-likeness (QED) is 0.0822. The van der Waals surface area contributed by atoms with Crippen LogP contribution in [0.1, 0.15) is 84.9 Å². The lowest BCUT2D eigenvalue weighted by Gasteiger charge is -2.63. The van der Waals surface area contributed by atoms with Gasteiger partial charge in [0.2, 0.25) is 5.60 Å². The van der Waals surface area contributed by atoms with Crippen molar-refractivity contribution in [2.75, 3.05) is 66.0 Å². The van der Waals surface area contributed by atoms with E-state index in [1.807, 2.05) is 73.5 Å². The minimum absolute atomic E-state index is 0.103. The second-order valence-electron chi connectivity index (χ2n) is 20.9. The topological polar surface area (TPSA) is 163 Å². The summed E-state index contributed by atoms with van der Waals surface area (Å²) in [5.41, 5.74) is -1.52. The maximum atomic E-state index is 15.8. The zero-order valence-electron chi connectivity index (χ0n) is 41.1. The third-order valence-electron chi connectivity index (χ3n) is 17.7. The molecule has 368 valence electrons. The molecule has 3 N–H and O–H groups in total. The highest BCUT2D eigenvalue weighted by atomic mass is 32.1. The molecule has 1 aliphatic carbocycles. The zero-order chi connectivity index (χ0) is 49.1. The molecule has 1 amide bonds. The number of H-pyrrole nitrogens is 1. The number of ether oxygens (including phenoxy) is 4. The number of aromatic nitrogens is 1. The summed E-state index contributed by atoms with van der Waals surface area (Å²) in [5.74, 6) is -1.73. The van der Waals surface area contributed by atoms with Gasteiger partial charge in [0.25, 0.3) is 5.91 Å². The van der Waals surface area contributed by atoms with Crippen molar-refractivity contribution in [1.82, 2.24) is 20.1 Å². The number of hydrogen-bond acceptors (Lipinski definition) is 13. The maximum absolute atomic E-state index is 15.8. The first-order chi connectivity index (χ1) is 33.7. The van der Waals surface area contributed by atoms with Gasteiger partial charge < -0.3 is 44.2 Å². The Morgan fingerprint density at radius 1 is 0.914 bits per heavy atom. The van der Waals surface area contributed by atoms with Crippen molar-refractivity contribution in [3.8, 4) is 5.75 Å². The summed E-state index contributed by atoms with van der Waals surface area (Å²) in [6, 6.07) is 21.0. The Morgan fingerprint density at radius 2 is 1.69 bits per heavy atom. The number of fused-ring (bicyclic) bond motifs is 7. The minimum Gasteiger partial charge on any atom is -0.496 e. The monoisotopic (exact) mass is 969 g/mol. The van der Waals surface area contributed by atoms with E-state index < -0.39 is 57.4 Å². The van der Waals surface area contributed by atoms with Gasteiger partial charge in [0.15, 0.2) is 6.10 Å². The van der Waals surface area contributed by atoms with Crippen LogP contribution in [0.3, 0.4) is 0 Å². The van der Waals surface area contributed by atoms with Crippen LogP contribution in [0.5, 0.6) is 5.75 Å². The molecule has 11 rings (SSSR count). The molecule has 70 heavy (non-hydrogen) atoms. The van der Waals surface area contributed by atoms with Gasteiger partial charge in [0.05, 0.1) is 37.8 Å². The number of methoxy groups -OCH3 is 3. The molecule has 6 aliphatic rings. The summed E-state index contributed by atoms with van der Waals surface area (Å²) in [6.07, 6.45) is 6.04. The van der Waals surface area contributed by atoms with Crippen LogP contribution in [0, 0.1) is 11.3 Å². The lowest BCUT2D eigenvalue weighted by Crippen LogP contribution is -2.81. The predicted octanol–water partition coefficient (Wildman–Crippen LogP) is 6.64. The highest BCUT2D eigenvalue weighted by Gasteiger charge is 2.80. The number of benzene rings is 3. The normalized spacial score (nSPS) is 33.0. The van der Waals surface area contributed by atoms with Crippen LogP contribution < -0.4 is 15.0 Å². The molecule has 7 heterocycles. The molecule has 5 aromatic rings. The smallest absolute Gasteiger partial charge is 0.344 e. The van der Waals surface area contributed by atoms with Gasteiger partial charge in [-0.15, -0.1) is 11.3 Å². The van der Waals surface area contributed by atoms with Crippen LogP contribution in [0.15, 0.2) is 78.9 Å². The number of para-hydroxylation sites is 1. The van der Waals surface area contributed by atoms with E-state index in [2.05, 4.69) is 51.3 Å². The number of anilines is 1. The van der Waals surface area contributed by atoms with Crippen LogP contribution in [-0.2, 0) is 45.8 Å². The van der Waals surface area contributed by atoms with Crippen molar-refractivity contribution in [3.05, 3.63) is 106 Å². The molecule has 3 aromatic carbocycles. The van der Waals surface area contributed by atoms with Crippen LogP contribution >= 0.6 is 11.3 Å². The largest absolute Gasteiger partial charge is 0.496 e. The number of carbonyl (C=O) groups is 4. The Kier molecular flexibility index (Phi) is 11.1. The third kappa shape index (κ3) is 6.32. The van der Waals surface area contributed by atoms with Gasteiger partial charge in [-0.25, -0.2) is 4.79 Å². The Hall–Kier alpha value is -5.74. The van der Waals surface area contributed by atoms with E-state index in [0.717, 1.165) is 43.5 Å². The fourth-order valence-electron chi connectivity index (χ4n) is 15.1. The number of amides is 1. The average Bonchev–Trinajstić information content (AvgIpc) is 4.15. The Balaban J connectivity index is 1.13. The van der Waals surface area contributed by atoms with Crippen molar-refractivity contribution < 1.29 is 43.2 Å². The number of aromatic amines is 1. The van der Waals surface area contributed by atoms with Gasteiger partial charge in [-0.1, -0.05) is 62.4 Å². The first-order valence-corrected chi connectivity index (χ1v) is 25.6. The number of esters is 3. The standard InChI is InChI=1S/C55H63N5O9S/c1-8-51(57-45(62)43-25-34-15-10-13-18-42(34)70-43)28-33-29-54(49(63)67-6,44-36(19-23-59(30-33)31-51)35-16-11-12-17-39(35)56-44)38-26-37-40(27-41(38)66-5)58(4)47-53(37)21-24-60-22-14-20-52(9-2,46(53)60)48(69-32(3)61)55(47,65)50(64)68-7/h10-18,20,25-27,33,46-48,56,65H,8-9,19,21-24,28-31H2,1-7H3,(H,57,62)/t33-,46+,47-,48-,51+,52-,53-,54+,55+/m1/s1. The SMILES string of the molecule is CC[C@]1(NC(=O)c2cc3ccccc3s2)C[C@H]2CN(CCc3c([nH]c4ccccc34)[C@@](C(=O)OC)(c3cc4c(cc3OC)N(C)[C@H]3[C@@](O)(C(=O)OC)[C@H](OC(C)=O)[C@]5(CC)C=CCN6CC[C@]43[C@@H]65)C2)C1. The Morgan fingerprint density at radius 3 is 2.41 bits per heavy atom. The van der Waals surface area contributed by atoms with Gasteiger partial charge in [0.1, 0.15) is 11.2 Å². The van der Waals surface area contributed by atoms with Gasteiger partial charge in [-0.2, -0.15) is 0 Å². The fraction of sp³-hybridized carbons (Fsp3) is 0.491. The average molecular weight is 970 g/mol. The van der Waals surface area contributed by atoms with Crippen molar-refractivity contribution in [2.45, 2.75) is 99.5 Å². The van der Waals surface area contributed by atoms with Crippen molar-refractivity contribution in [1.29, 1.82) is 0 Å². The Labute approximate surface area is 412 Å². The fourth-order valence-corrected chi connectivity index (χ4v) is 16.1. The summed E-state index contributed by atoms with van der Waals surface area (Å²) >= 11 is 1.49. The number of likely N-dealkylation sites (N-methyl/N-ethyl adjacent to an activating group) is 1.